The molecule has 292 valence electrons. The molecule has 1 saturated heterocycles. The Morgan fingerprint density at radius 3 is 2.21 bits per heavy atom. The first-order valence-electron chi connectivity index (χ1n) is 19.2. The third-order valence-electron chi connectivity index (χ3n) is 10.7. The summed E-state index contributed by atoms with van der Waals surface area (Å²) in [6.07, 6.45) is 8.55. The number of carbonyl (C=O) groups excluding carboxylic acids is 7. The van der Waals surface area contributed by atoms with E-state index in [1.165, 1.54) is 7.11 Å². The average molecular weight is 740 g/mol. The Morgan fingerprint density at radius 1 is 0.906 bits per heavy atom. The van der Waals surface area contributed by atoms with Crippen LogP contribution in [-0.4, -0.2) is 91.3 Å². The first-order chi connectivity index (χ1) is 25.4. The minimum absolute atomic E-state index is 0.0994. The third-order valence-corrected chi connectivity index (χ3v) is 10.7. The van der Waals surface area contributed by atoms with E-state index in [2.05, 4.69) is 21.3 Å². The van der Waals surface area contributed by atoms with Gasteiger partial charge < -0.3 is 35.6 Å². The molecule has 0 bridgehead atoms. The number of rotatable bonds is 16. The van der Waals surface area contributed by atoms with E-state index in [0.717, 1.165) is 57.8 Å². The number of carbonyl (C=O) groups is 7. The molecule has 0 radical (unpaired) electrons. The average Bonchev–Trinajstić information content (AvgIpc) is 3.80. The van der Waals surface area contributed by atoms with Crippen LogP contribution >= 0.6 is 0 Å². The summed E-state index contributed by atoms with van der Waals surface area (Å²) in [5.41, 5.74) is 0.232. The van der Waals surface area contributed by atoms with E-state index in [1.54, 1.807) is 35.2 Å². The number of ketones is 1. The van der Waals surface area contributed by atoms with Crippen molar-refractivity contribution in [1.29, 1.82) is 0 Å². The molecule has 3 fully saturated rings. The molecule has 4 rings (SSSR count). The molecule has 2 saturated carbocycles. The number of hydrogen-bond acceptors (Lipinski definition) is 9. The first-order valence-corrected chi connectivity index (χ1v) is 19.2. The predicted molar refractivity (Wildman–Crippen MR) is 195 cm³/mol. The Labute approximate surface area is 312 Å². The predicted octanol–water partition coefficient (Wildman–Crippen LogP) is 3.48. The third kappa shape index (κ3) is 11.3. The Kier molecular flexibility index (Phi) is 15.2. The topological polar surface area (TPSA) is 189 Å². The zero-order valence-corrected chi connectivity index (χ0v) is 31.6. The van der Waals surface area contributed by atoms with Crippen molar-refractivity contribution in [2.75, 3.05) is 26.8 Å². The van der Waals surface area contributed by atoms with Gasteiger partial charge in [-0.05, 0) is 61.3 Å². The fraction of sp³-hybridized carbons (Fsp3) is 0.667. The van der Waals surface area contributed by atoms with Crippen molar-refractivity contribution in [3.8, 4) is 0 Å². The molecule has 3 aliphatic rings. The van der Waals surface area contributed by atoms with Crippen LogP contribution in [0.4, 0.5) is 4.79 Å². The highest BCUT2D eigenvalue weighted by Gasteiger charge is 2.52. The van der Waals surface area contributed by atoms with Gasteiger partial charge >= 0.3 is 12.1 Å². The van der Waals surface area contributed by atoms with Gasteiger partial charge in [-0.15, -0.1) is 0 Å². The molecule has 1 spiro atoms. The van der Waals surface area contributed by atoms with E-state index in [0.29, 0.717) is 24.9 Å². The molecule has 53 heavy (non-hydrogen) atoms. The second kappa shape index (κ2) is 19.5. The van der Waals surface area contributed by atoms with Gasteiger partial charge in [0.25, 0.3) is 5.91 Å². The van der Waals surface area contributed by atoms with E-state index in [1.807, 2.05) is 20.8 Å². The molecule has 14 heteroatoms. The quantitative estimate of drug-likeness (QED) is 0.145. The van der Waals surface area contributed by atoms with Crippen LogP contribution in [0.3, 0.4) is 0 Å². The summed E-state index contributed by atoms with van der Waals surface area (Å²) in [6, 6.07) is 4.38. The number of benzene rings is 1. The highest BCUT2D eigenvalue weighted by atomic mass is 16.5. The highest BCUT2D eigenvalue weighted by molar-refractivity contribution is 6.38. The summed E-state index contributed by atoms with van der Waals surface area (Å²) in [6.45, 7) is 5.65. The van der Waals surface area contributed by atoms with Crippen LogP contribution in [0.25, 0.3) is 0 Å². The molecule has 2 unspecified atom stereocenters. The first kappa shape index (κ1) is 41.3. The van der Waals surface area contributed by atoms with Crippen LogP contribution in [0.15, 0.2) is 30.3 Å². The summed E-state index contributed by atoms with van der Waals surface area (Å²) in [7, 11) is 1.19. The zero-order chi connectivity index (χ0) is 38.5. The van der Waals surface area contributed by atoms with Crippen molar-refractivity contribution >= 4 is 41.5 Å². The van der Waals surface area contributed by atoms with E-state index < -0.39 is 66.3 Å². The normalized spacial score (nSPS) is 19.9. The minimum Gasteiger partial charge on any atom is -0.467 e. The summed E-state index contributed by atoms with van der Waals surface area (Å²) >= 11 is 0. The summed E-state index contributed by atoms with van der Waals surface area (Å²) in [5.74, 6) is -4.27. The van der Waals surface area contributed by atoms with E-state index >= 15 is 0 Å². The van der Waals surface area contributed by atoms with E-state index in [4.69, 9.17) is 9.47 Å². The monoisotopic (exact) mass is 739 g/mol. The van der Waals surface area contributed by atoms with Crippen molar-refractivity contribution < 1.29 is 43.0 Å². The van der Waals surface area contributed by atoms with Crippen LogP contribution in [0, 0.1) is 17.3 Å². The Hall–Kier alpha value is -4.49. The number of Topliss-reactive ketones (excluding diaryl/α,β-unsaturated/α-hetero) is 1. The summed E-state index contributed by atoms with van der Waals surface area (Å²) < 4.78 is 10.2. The van der Waals surface area contributed by atoms with Crippen LogP contribution in [0.5, 0.6) is 0 Å². The van der Waals surface area contributed by atoms with Crippen molar-refractivity contribution in [1.82, 2.24) is 26.2 Å². The fourth-order valence-corrected chi connectivity index (χ4v) is 7.93. The number of alkyl carbamates (subject to hydrolysis) is 1. The van der Waals surface area contributed by atoms with Gasteiger partial charge in [-0.1, -0.05) is 89.6 Å². The minimum atomic E-state index is -1.20. The van der Waals surface area contributed by atoms with Gasteiger partial charge in [0, 0.05) is 6.54 Å². The summed E-state index contributed by atoms with van der Waals surface area (Å²) in [4.78, 5) is 94.7. The van der Waals surface area contributed by atoms with Crippen LogP contribution in [0.1, 0.15) is 109 Å². The van der Waals surface area contributed by atoms with Gasteiger partial charge in [-0.25, -0.2) is 9.59 Å². The van der Waals surface area contributed by atoms with Crippen molar-refractivity contribution in [3.63, 3.8) is 0 Å². The SMILES string of the molecule is CCCC(NC(=O)[C@@H]1CC2(CCCC2)CN1C(=O)[C@@H](NC(=O)OCC(C)C)C1CCCCC1)C(=O)C(=O)NCC(=O)NC(C(=O)OC)c1ccccc1. The number of ether oxygens (including phenoxy) is 2. The number of esters is 1. The molecule has 14 nitrogen and oxygen atoms in total. The fourth-order valence-electron chi connectivity index (χ4n) is 7.93. The second-order valence-corrected chi connectivity index (χ2v) is 15.2. The van der Waals surface area contributed by atoms with Crippen LogP contribution in [-0.2, 0) is 38.2 Å². The number of hydrogen-bond donors (Lipinski definition) is 4. The number of nitrogens with one attached hydrogen (secondary N) is 4. The lowest BCUT2D eigenvalue weighted by Crippen LogP contribution is -2.58. The van der Waals surface area contributed by atoms with E-state index in [-0.39, 0.29) is 36.2 Å². The lowest BCUT2D eigenvalue weighted by Gasteiger charge is -2.35. The maximum atomic E-state index is 14.5. The molecule has 2 aliphatic carbocycles. The number of methoxy groups -OCH3 is 1. The Morgan fingerprint density at radius 2 is 1.58 bits per heavy atom. The lowest BCUT2D eigenvalue weighted by molar-refractivity contribution is -0.145. The lowest BCUT2D eigenvalue weighted by atomic mass is 9.83. The molecule has 5 amide bonds. The molecule has 1 aromatic carbocycles. The van der Waals surface area contributed by atoms with Crippen LogP contribution < -0.4 is 21.3 Å². The standard InChI is InChI=1S/C39H57N5O9/c1-5-14-28(33(46)35(48)40-22-30(45)42-32(37(50)52-4)27-17-10-7-11-18-27)41-34(47)29-21-39(19-12-13-20-39)24-44(29)36(49)31(26-15-8-6-9-16-26)43-38(51)53-23-25(2)3/h7,10-11,17-18,25-26,28-29,31-32H,5-6,8-9,12-16,19-24H2,1-4H3,(H,40,48)(H,41,47)(H,42,45)(H,43,51)/t28?,29-,31-,32?/m0/s1. The van der Waals surface area contributed by atoms with Gasteiger partial charge in [-0.3, -0.25) is 24.0 Å². The van der Waals surface area contributed by atoms with Crippen molar-refractivity contribution in [2.24, 2.45) is 17.3 Å². The van der Waals surface area contributed by atoms with Crippen molar-refractivity contribution in [2.45, 2.75) is 122 Å². The molecule has 0 aromatic heterocycles. The molecular formula is C39H57N5O9. The Bertz CT molecular complexity index is 1460. The maximum absolute atomic E-state index is 14.5. The van der Waals surface area contributed by atoms with Gasteiger partial charge in [-0.2, -0.15) is 0 Å². The zero-order valence-electron chi connectivity index (χ0n) is 31.6. The smallest absolute Gasteiger partial charge is 0.407 e. The largest absolute Gasteiger partial charge is 0.467 e. The summed E-state index contributed by atoms with van der Waals surface area (Å²) in [5, 5.41) is 10.5. The van der Waals surface area contributed by atoms with Gasteiger partial charge in [0.15, 0.2) is 6.04 Å². The Balaban J connectivity index is 1.45. The number of amides is 5. The van der Waals surface area contributed by atoms with Gasteiger partial charge in [0.2, 0.25) is 23.5 Å². The molecular weight excluding hydrogens is 682 g/mol. The van der Waals surface area contributed by atoms with Crippen molar-refractivity contribution in [3.05, 3.63) is 35.9 Å². The van der Waals surface area contributed by atoms with Gasteiger partial charge in [0.1, 0.15) is 12.1 Å². The van der Waals surface area contributed by atoms with Gasteiger partial charge in [0.05, 0.1) is 26.3 Å². The molecule has 1 aromatic rings. The van der Waals surface area contributed by atoms with Crippen LogP contribution in [0.2, 0.25) is 0 Å². The molecule has 1 aliphatic heterocycles. The molecule has 4 N–H and O–H groups in total. The number of nitrogens with zero attached hydrogens (tertiary/aromatic N) is 1. The highest BCUT2D eigenvalue weighted by Crippen LogP contribution is 2.48. The maximum Gasteiger partial charge on any atom is 0.407 e. The number of likely N-dealkylation sites (tertiary alicyclic amines) is 1. The van der Waals surface area contributed by atoms with E-state index in [9.17, 15) is 33.6 Å². The molecule has 4 atom stereocenters. The molecule has 1 heterocycles. The second-order valence-electron chi connectivity index (χ2n) is 15.2.